The highest BCUT2D eigenvalue weighted by molar-refractivity contribution is 9.10. The fourth-order valence-electron chi connectivity index (χ4n) is 2.47. The van der Waals surface area contributed by atoms with E-state index in [2.05, 4.69) is 31.2 Å². The summed E-state index contributed by atoms with van der Waals surface area (Å²) in [5, 5.41) is 12.9. The zero-order valence-electron chi connectivity index (χ0n) is 10.3. The Bertz CT molecular complexity index is 407. The molecule has 0 spiro atoms. The van der Waals surface area contributed by atoms with E-state index in [1.165, 1.54) is 25.6 Å². The fraction of sp³-hybridized carbons (Fsp3) is 0.667. The monoisotopic (exact) mass is 314 g/mol. The third-order valence-corrected chi connectivity index (χ3v) is 4.48. The average Bonchev–Trinajstić information content (AvgIpc) is 2.41. The first-order valence-electron chi connectivity index (χ1n) is 6.28. The van der Waals surface area contributed by atoms with Crippen molar-refractivity contribution in [2.45, 2.75) is 32.1 Å². The van der Waals surface area contributed by atoms with E-state index in [0.717, 1.165) is 19.4 Å². The van der Waals surface area contributed by atoms with E-state index in [-0.39, 0.29) is 12.0 Å². The number of hydrogen-bond acceptors (Lipinski definition) is 5. The average molecular weight is 315 g/mol. The van der Waals surface area contributed by atoms with Crippen LogP contribution in [0.5, 0.6) is 0 Å². The van der Waals surface area contributed by atoms with Crippen molar-refractivity contribution in [2.75, 3.05) is 24.2 Å². The highest BCUT2D eigenvalue weighted by atomic mass is 79.9. The van der Waals surface area contributed by atoms with Gasteiger partial charge in [0.2, 0.25) is 0 Å². The lowest BCUT2D eigenvalue weighted by molar-refractivity contribution is 0.0943. The molecule has 0 aromatic carbocycles. The van der Waals surface area contributed by atoms with Crippen LogP contribution in [0.1, 0.15) is 32.1 Å². The first-order chi connectivity index (χ1) is 8.67. The van der Waals surface area contributed by atoms with Crippen LogP contribution in [-0.4, -0.2) is 28.2 Å². The van der Waals surface area contributed by atoms with Gasteiger partial charge in [0.05, 0.1) is 6.61 Å². The van der Waals surface area contributed by atoms with E-state index >= 15 is 0 Å². The summed E-state index contributed by atoms with van der Waals surface area (Å²) in [4.78, 5) is 8.06. The van der Waals surface area contributed by atoms with Gasteiger partial charge in [-0.2, -0.15) is 0 Å². The van der Waals surface area contributed by atoms with Crippen LogP contribution in [-0.2, 0) is 0 Å². The highest BCUT2D eigenvalue weighted by Gasteiger charge is 2.31. The van der Waals surface area contributed by atoms with E-state index < -0.39 is 0 Å². The fourth-order valence-corrected chi connectivity index (χ4v) is 2.82. The molecule has 6 heteroatoms. The van der Waals surface area contributed by atoms with Crippen LogP contribution in [0, 0.1) is 5.41 Å². The Labute approximate surface area is 115 Å². The van der Waals surface area contributed by atoms with E-state index in [1.807, 2.05) is 0 Å². The van der Waals surface area contributed by atoms with Crippen LogP contribution in [0.15, 0.2) is 10.8 Å². The van der Waals surface area contributed by atoms with Crippen LogP contribution in [0.25, 0.3) is 0 Å². The lowest BCUT2D eigenvalue weighted by Crippen LogP contribution is -2.35. The molecule has 1 heterocycles. The second-order valence-corrected chi connectivity index (χ2v) is 5.79. The van der Waals surface area contributed by atoms with Crippen LogP contribution in [0.3, 0.4) is 0 Å². The molecule has 1 aliphatic carbocycles. The number of aliphatic hydroxyl groups is 1. The summed E-state index contributed by atoms with van der Waals surface area (Å²) < 4.78 is 0.689. The number of hydrogen-bond donors (Lipinski definition) is 3. The number of rotatable bonds is 4. The molecule has 1 saturated carbocycles. The molecule has 0 aliphatic heterocycles. The molecule has 0 amide bonds. The molecule has 0 saturated heterocycles. The van der Waals surface area contributed by atoms with E-state index in [9.17, 15) is 5.11 Å². The van der Waals surface area contributed by atoms with Crippen molar-refractivity contribution in [3.8, 4) is 0 Å². The third-order valence-electron chi connectivity index (χ3n) is 3.70. The quantitative estimate of drug-likeness (QED) is 0.793. The molecule has 18 heavy (non-hydrogen) atoms. The Kier molecular flexibility index (Phi) is 4.40. The second-order valence-electron chi connectivity index (χ2n) is 4.99. The number of nitrogens with zero attached hydrogens (tertiary/aromatic N) is 2. The second kappa shape index (κ2) is 5.84. The normalized spacial score (nSPS) is 18.6. The maximum atomic E-state index is 9.63. The maximum absolute atomic E-state index is 9.63. The topological polar surface area (TPSA) is 84.1 Å². The minimum atomic E-state index is -0.0165. The third kappa shape index (κ3) is 2.92. The number of nitrogens with one attached hydrogen (secondary N) is 1. The molecule has 0 atom stereocenters. The molecule has 4 N–H and O–H groups in total. The summed E-state index contributed by atoms with van der Waals surface area (Å²) in [6, 6.07) is 0. The summed E-state index contributed by atoms with van der Waals surface area (Å²) in [6.07, 6.45) is 7.22. The number of anilines is 2. The SMILES string of the molecule is Nc1ncnc(NCC2(CO)CCCCC2)c1Br. The van der Waals surface area contributed by atoms with Gasteiger partial charge < -0.3 is 16.2 Å². The Balaban J connectivity index is 2.03. The highest BCUT2D eigenvalue weighted by Crippen LogP contribution is 2.36. The van der Waals surface area contributed by atoms with Gasteiger partial charge >= 0.3 is 0 Å². The largest absolute Gasteiger partial charge is 0.396 e. The number of aliphatic hydroxyl groups excluding tert-OH is 1. The molecule has 0 radical (unpaired) electrons. The number of nitrogens with two attached hydrogens (primary N) is 1. The van der Waals surface area contributed by atoms with Gasteiger partial charge in [0.15, 0.2) is 0 Å². The van der Waals surface area contributed by atoms with Crippen molar-refractivity contribution in [1.82, 2.24) is 9.97 Å². The summed E-state index contributed by atoms with van der Waals surface area (Å²) in [5.41, 5.74) is 5.69. The van der Waals surface area contributed by atoms with Gasteiger partial charge in [-0.15, -0.1) is 0 Å². The smallest absolute Gasteiger partial charge is 0.145 e. The van der Waals surface area contributed by atoms with Crippen molar-refractivity contribution >= 4 is 27.6 Å². The van der Waals surface area contributed by atoms with Crippen LogP contribution in [0.4, 0.5) is 11.6 Å². The first-order valence-corrected chi connectivity index (χ1v) is 7.07. The molecule has 1 aliphatic rings. The minimum Gasteiger partial charge on any atom is -0.396 e. The Morgan fingerprint density at radius 2 is 2.06 bits per heavy atom. The molecule has 0 unspecified atom stereocenters. The zero-order chi connectivity index (χ0) is 13.0. The Morgan fingerprint density at radius 1 is 1.33 bits per heavy atom. The van der Waals surface area contributed by atoms with Crippen molar-refractivity contribution in [3.63, 3.8) is 0 Å². The van der Waals surface area contributed by atoms with E-state index in [0.29, 0.717) is 16.1 Å². The molecular formula is C12H19BrN4O. The molecular weight excluding hydrogens is 296 g/mol. The number of aromatic nitrogens is 2. The van der Waals surface area contributed by atoms with Gasteiger partial charge in [0.1, 0.15) is 22.4 Å². The Morgan fingerprint density at radius 3 is 2.72 bits per heavy atom. The standard InChI is InChI=1S/C12H19BrN4O/c13-9-10(14)16-8-17-11(9)15-6-12(7-18)4-2-1-3-5-12/h8,18H,1-7H2,(H3,14,15,16,17). The maximum Gasteiger partial charge on any atom is 0.145 e. The minimum absolute atomic E-state index is 0.0165. The van der Waals surface area contributed by atoms with Gasteiger partial charge in [-0.05, 0) is 28.8 Å². The van der Waals surface area contributed by atoms with Crippen molar-refractivity contribution in [3.05, 3.63) is 10.8 Å². The van der Waals surface area contributed by atoms with Gasteiger partial charge in [0.25, 0.3) is 0 Å². The predicted octanol–water partition coefficient (Wildman–Crippen LogP) is 2.18. The molecule has 1 aromatic rings. The van der Waals surface area contributed by atoms with Gasteiger partial charge in [-0.1, -0.05) is 19.3 Å². The first kappa shape index (κ1) is 13.5. The van der Waals surface area contributed by atoms with E-state index in [1.54, 1.807) is 0 Å². The predicted molar refractivity (Wildman–Crippen MR) is 75.2 cm³/mol. The lowest BCUT2D eigenvalue weighted by atomic mass is 9.74. The zero-order valence-corrected chi connectivity index (χ0v) is 11.9. The summed E-state index contributed by atoms with van der Waals surface area (Å²) in [6.45, 7) is 0.941. The summed E-state index contributed by atoms with van der Waals surface area (Å²) >= 11 is 3.37. The molecule has 100 valence electrons. The van der Waals surface area contributed by atoms with E-state index in [4.69, 9.17) is 5.73 Å². The van der Waals surface area contributed by atoms with Gasteiger partial charge in [0, 0.05) is 12.0 Å². The molecule has 5 nitrogen and oxygen atoms in total. The molecule has 0 bridgehead atoms. The number of nitrogen functional groups attached to an aromatic ring is 1. The summed E-state index contributed by atoms with van der Waals surface area (Å²) in [5.74, 6) is 1.12. The van der Waals surface area contributed by atoms with Crippen LogP contribution < -0.4 is 11.1 Å². The van der Waals surface area contributed by atoms with Crippen LogP contribution >= 0.6 is 15.9 Å². The van der Waals surface area contributed by atoms with Crippen molar-refractivity contribution in [2.24, 2.45) is 5.41 Å². The lowest BCUT2D eigenvalue weighted by Gasteiger charge is -2.35. The van der Waals surface area contributed by atoms with Crippen molar-refractivity contribution in [1.29, 1.82) is 0 Å². The molecule has 1 fully saturated rings. The molecule has 2 rings (SSSR count). The van der Waals surface area contributed by atoms with Crippen molar-refractivity contribution < 1.29 is 5.11 Å². The number of halogens is 1. The van der Waals surface area contributed by atoms with Gasteiger partial charge in [-0.3, -0.25) is 0 Å². The molecule has 1 aromatic heterocycles. The van der Waals surface area contributed by atoms with Gasteiger partial charge in [-0.25, -0.2) is 9.97 Å². The van der Waals surface area contributed by atoms with Crippen LogP contribution in [0.2, 0.25) is 0 Å². The summed E-state index contributed by atoms with van der Waals surface area (Å²) in [7, 11) is 0. The Hall–Kier alpha value is -0.880.